The van der Waals surface area contributed by atoms with E-state index in [1.54, 1.807) is 13.0 Å². The van der Waals surface area contributed by atoms with Crippen molar-refractivity contribution in [2.24, 2.45) is 0 Å². The molecule has 3 aromatic rings. The van der Waals surface area contributed by atoms with Gasteiger partial charge in [-0.1, -0.05) is 42.5 Å². The Bertz CT molecular complexity index is 1280. The third-order valence-corrected chi connectivity index (χ3v) is 5.23. The monoisotopic (exact) mass is 414 g/mol. The van der Waals surface area contributed by atoms with Gasteiger partial charge in [0.05, 0.1) is 23.2 Å². The van der Waals surface area contributed by atoms with Gasteiger partial charge in [0.2, 0.25) is 0 Å². The van der Waals surface area contributed by atoms with E-state index in [0.717, 1.165) is 16.3 Å². The van der Waals surface area contributed by atoms with Crippen LogP contribution in [0.3, 0.4) is 0 Å². The van der Waals surface area contributed by atoms with Crippen molar-refractivity contribution in [3.05, 3.63) is 99.3 Å². The molecule has 0 atom stereocenters. The Balaban J connectivity index is 1.86. The second-order valence-electron chi connectivity index (χ2n) is 6.99. The first kappa shape index (κ1) is 20.0. The average molecular weight is 414 g/mol. The van der Waals surface area contributed by atoms with Gasteiger partial charge in [-0.05, 0) is 41.5 Å². The third kappa shape index (κ3) is 3.46. The van der Waals surface area contributed by atoms with E-state index in [-0.39, 0.29) is 16.8 Å². The minimum atomic E-state index is -0.623. The largest absolute Gasteiger partial charge is 0.465 e. The molecule has 0 fully saturated rings. The molecule has 0 saturated heterocycles. The van der Waals surface area contributed by atoms with Crippen molar-refractivity contribution in [3.8, 4) is 0 Å². The fourth-order valence-corrected chi connectivity index (χ4v) is 3.75. The number of allylic oxidation sites excluding steroid dienone is 1. The van der Waals surface area contributed by atoms with Crippen LogP contribution in [-0.2, 0) is 14.3 Å². The molecule has 1 amide bonds. The number of carbonyl (C=O) groups is 2. The molecule has 0 aliphatic carbocycles. The lowest BCUT2D eigenvalue weighted by Crippen LogP contribution is -2.24. The number of benzene rings is 3. The van der Waals surface area contributed by atoms with E-state index in [1.807, 2.05) is 42.5 Å². The van der Waals surface area contributed by atoms with Crippen LogP contribution in [0, 0.1) is 10.1 Å². The first-order chi connectivity index (χ1) is 14.9. The van der Waals surface area contributed by atoms with Crippen molar-refractivity contribution < 1.29 is 19.2 Å². The van der Waals surface area contributed by atoms with Crippen LogP contribution in [0.25, 0.3) is 16.8 Å². The van der Waals surface area contributed by atoms with Crippen molar-refractivity contribution in [2.75, 3.05) is 12.0 Å². The molecule has 0 radical (unpaired) electrons. The lowest BCUT2D eigenvalue weighted by atomic mass is 9.99. The Morgan fingerprint density at radius 1 is 1.03 bits per heavy atom. The molecule has 0 aromatic heterocycles. The summed E-state index contributed by atoms with van der Waals surface area (Å²) in [6.07, 6.45) is 1.69. The molecule has 154 valence electrons. The zero-order valence-corrected chi connectivity index (χ0v) is 16.9. The molecule has 7 nitrogen and oxygen atoms in total. The smallest absolute Gasteiger partial charge is 0.340 e. The van der Waals surface area contributed by atoms with Gasteiger partial charge in [-0.2, -0.15) is 0 Å². The van der Waals surface area contributed by atoms with E-state index in [9.17, 15) is 19.7 Å². The van der Waals surface area contributed by atoms with E-state index in [1.165, 1.54) is 36.3 Å². The lowest BCUT2D eigenvalue weighted by molar-refractivity contribution is -0.384. The van der Waals surface area contributed by atoms with E-state index < -0.39 is 16.8 Å². The summed E-state index contributed by atoms with van der Waals surface area (Å²) in [6.45, 7) is 1.65. The minimum absolute atomic E-state index is 0.0864. The van der Waals surface area contributed by atoms with Gasteiger partial charge in [0.1, 0.15) is 0 Å². The molecule has 4 rings (SSSR count). The van der Waals surface area contributed by atoms with E-state index in [0.29, 0.717) is 11.4 Å². The summed E-state index contributed by atoms with van der Waals surface area (Å²) in [6, 6.07) is 19.1. The molecule has 0 spiro atoms. The predicted molar refractivity (Wildman–Crippen MR) is 117 cm³/mol. The predicted octanol–water partition coefficient (Wildman–Crippen LogP) is 4.63. The highest BCUT2D eigenvalue weighted by molar-refractivity contribution is 6.24. The molecular formula is C24H18N2O5. The average Bonchev–Trinajstić information content (AvgIpc) is 3.03. The highest BCUT2D eigenvalue weighted by Gasteiger charge is 2.38. The number of non-ortho nitro benzene ring substituents is 1. The topological polar surface area (TPSA) is 89.8 Å². The zero-order valence-electron chi connectivity index (χ0n) is 16.9. The number of methoxy groups -OCH3 is 1. The molecular weight excluding hydrogens is 396 g/mol. The van der Waals surface area contributed by atoms with Crippen LogP contribution < -0.4 is 4.90 Å². The summed E-state index contributed by atoms with van der Waals surface area (Å²) in [5.41, 5.74) is 1.91. The van der Waals surface area contributed by atoms with Crippen molar-refractivity contribution in [1.82, 2.24) is 0 Å². The Kier molecular flexibility index (Phi) is 5.09. The number of nitrogens with zero attached hydrogens (tertiary/aromatic N) is 2. The van der Waals surface area contributed by atoms with Crippen LogP contribution in [0.1, 0.15) is 12.5 Å². The van der Waals surface area contributed by atoms with Gasteiger partial charge >= 0.3 is 5.97 Å². The normalized spacial score (nSPS) is 15.1. The molecule has 0 unspecified atom stereocenters. The number of amides is 1. The van der Waals surface area contributed by atoms with E-state index >= 15 is 0 Å². The van der Waals surface area contributed by atoms with Gasteiger partial charge < -0.3 is 4.74 Å². The Hall–Kier alpha value is -4.26. The maximum absolute atomic E-state index is 13.4. The van der Waals surface area contributed by atoms with Gasteiger partial charge in [0.15, 0.2) is 0 Å². The number of esters is 1. The van der Waals surface area contributed by atoms with Gasteiger partial charge in [-0.3, -0.25) is 19.8 Å². The zero-order chi connectivity index (χ0) is 22.1. The molecule has 0 saturated carbocycles. The number of hydrogen-bond donors (Lipinski definition) is 0. The van der Waals surface area contributed by atoms with Gasteiger partial charge in [0, 0.05) is 23.5 Å². The Morgan fingerprint density at radius 3 is 2.39 bits per heavy atom. The summed E-state index contributed by atoms with van der Waals surface area (Å²) >= 11 is 0. The first-order valence-corrected chi connectivity index (χ1v) is 9.50. The fourth-order valence-electron chi connectivity index (χ4n) is 3.75. The van der Waals surface area contributed by atoms with Crippen LogP contribution in [0.5, 0.6) is 0 Å². The van der Waals surface area contributed by atoms with Crippen molar-refractivity contribution in [1.29, 1.82) is 0 Å². The van der Waals surface area contributed by atoms with E-state index in [2.05, 4.69) is 0 Å². The fraction of sp³-hybridized carbons (Fsp3) is 0.0833. The molecule has 3 aromatic carbocycles. The number of rotatable bonds is 4. The van der Waals surface area contributed by atoms with Gasteiger partial charge in [-0.15, -0.1) is 0 Å². The molecule has 1 heterocycles. The number of ether oxygens (including phenoxy) is 1. The van der Waals surface area contributed by atoms with Crippen molar-refractivity contribution in [3.63, 3.8) is 0 Å². The SMILES string of the molecule is COC(=O)C1=C(C)N(c2ccc([N+](=O)[O-])cc2)C(=O)C1=Cc1cccc2ccccc12. The quantitative estimate of drug-likeness (QED) is 0.269. The molecule has 7 heteroatoms. The number of nitro benzene ring substituents is 1. The highest BCUT2D eigenvalue weighted by atomic mass is 16.6. The molecule has 0 bridgehead atoms. The van der Waals surface area contributed by atoms with Crippen LogP contribution in [0.4, 0.5) is 11.4 Å². The number of anilines is 1. The Morgan fingerprint density at radius 2 is 1.71 bits per heavy atom. The van der Waals surface area contributed by atoms with Crippen molar-refractivity contribution >= 4 is 40.1 Å². The maximum Gasteiger partial charge on any atom is 0.340 e. The highest BCUT2D eigenvalue weighted by Crippen LogP contribution is 2.36. The van der Waals surface area contributed by atoms with Gasteiger partial charge in [-0.25, -0.2) is 4.79 Å². The minimum Gasteiger partial charge on any atom is -0.465 e. The van der Waals surface area contributed by atoms with Crippen LogP contribution in [0.2, 0.25) is 0 Å². The number of fused-ring (bicyclic) bond motifs is 1. The van der Waals surface area contributed by atoms with Crippen LogP contribution in [-0.4, -0.2) is 23.9 Å². The van der Waals surface area contributed by atoms with Crippen LogP contribution >= 0.6 is 0 Å². The molecule has 31 heavy (non-hydrogen) atoms. The summed E-state index contributed by atoms with van der Waals surface area (Å²) in [5.74, 6) is -1.03. The summed E-state index contributed by atoms with van der Waals surface area (Å²) < 4.78 is 4.94. The first-order valence-electron chi connectivity index (χ1n) is 9.50. The standard InChI is InChI=1S/C24H18N2O5/c1-15-22(24(28)31-2)21(14-17-8-5-7-16-6-3-4-9-20(16)17)23(27)25(15)18-10-12-19(13-11-18)26(29)30/h3-14H,1-2H3. The second-order valence-corrected chi connectivity index (χ2v) is 6.99. The van der Waals surface area contributed by atoms with Crippen LogP contribution in [0.15, 0.2) is 83.6 Å². The summed E-state index contributed by atoms with van der Waals surface area (Å²) in [5, 5.41) is 12.9. The lowest BCUT2D eigenvalue weighted by Gasteiger charge is -2.17. The third-order valence-electron chi connectivity index (χ3n) is 5.23. The maximum atomic E-state index is 13.4. The summed E-state index contributed by atoms with van der Waals surface area (Å²) in [4.78, 5) is 37.8. The number of nitro groups is 1. The molecule has 0 N–H and O–H groups in total. The summed E-state index contributed by atoms with van der Waals surface area (Å²) in [7, 11) is 1.26. The number of carbonyl (C=O) groups excluding carboxylic acids is 2. The van der Waals surface area contributed by atoms with Crippen molar-refractivity contribution in [2.45, 2.75) is 6.92 Å². The van der Waals surface area contributed by atoms with E-state index in [4.69, 9.17) is 4.74 Å². The Labute approximate surface area is 178 Å². The van der Waals surface area contributed by atoms with Gasteiger partial charge in [0.25, 0.3) is 11.6 Å². The molecule has 1 aliphatic heterocycles. The molecule has 1 aliphatic rings. The number of hydrogen-bond acceptors (Lipinski definition) is 5. The second kappa shape index (κ2) is 7.87.